The van der Waals surface area contributed by atoms with Crippen molar-refractivity contribution >= 4 is 11.3 Å². The van der Waals surface area contributed by atoms with Crippen LogP contribution in [0.1, 0.15) is 56.0 Å². The molecule has 3 unspecified atom stereocenters. The van der Waals surface area contributed by atoms with Gasteiger partial charge in [0, 0.05) is 18.9 Å². The molecule has 1 aromatic heterocycles. The Hall–Kier alpha value is -0.480. The zero-order valence-electron chi connectivity index (χ0n) is 12.8. The van der Waals surface area contributed by atoms with Crippen molar-refractivity contribution in [3.05, 3.63) is 10.0 Å². The molecule has 3 atom stereocenters. The summed E-state index contributed by atoms with van der Waals surface area (Å²) in [5, 5.41) is 14.8. The zero-order chi connectivity index (χ0) is 13.9. The van der Waals surface area contributed by atoms with Gasteiger partial charge >= 0.3 is 0 Å². The van der Waals surface area contributed by atoms with Crippen molar-refractivity contribution in [2.24, 2.45) is 17.8 Å². The van der Waals surface area contributed by atoms with Crippen LogP contribution in [0.5, 0.6) is 0 Å². The first-order chi connectivity index (χ1) is 9.70. The van der Waals surface area contributed by atoms with Crippen LogP contribution in [0.15, 0.2) is 0 Å². The van der Waals surface area contributed by atoms with Gasteiger partial charge in [-0.25, -0.2) is 0 Å². The van der Waals surface area contributed by atoms with Gasteiger partial charge in [-0.15, -0.1) is 21.5 Å². The number of fused-ring (bicyclic) bond motifs is 2. The Morgan fingerprint density at radius 2 is 2.05 bits per heavy atom. The van der Waals surface area contributed by atoms with Crippen LogP contribution in [-0.2, 0) is 12.8 Å². The fourth-order valence-corrected chi connectivity index (χ4v) is 4.93. The van der Waals surface area contributed by atoms with Gasteiger partial charge in [-0.2, -0.15) is 0 Å². The summed E-state index contributed by atoms with van der Waals surface area (Å²) >= 11 is 1.86. The summed E-state index contributed by atoms with van der Waals surface area (Å²) in [5.74, 6) is 2.96. The van der Waals surface area contributed by atoms with Crippen molar-refractivity contribution in [2.45, 2.75) is 64.8 Å². The minimum atomic E-state index is 0.581. The molecule has 4 heteroatoms. The topological polar surface area (TPSA) is 37.8 Å². The molecule has 0 aliphatic heterocycles. The first kappa shape index (κ1) is 14.5. The Morgan fingerprint density at radius 1 is 1.20 bits per heavy atom. The van der Waals surface area contributed by atoms with Crippen LogP contribution in [0, 0.1) is 17.8 Å². The van der Waals surface area contributed by atoms with Crippen LogP contribution in [-0.4, -0.2) is 22.8 Å². The van der Waals surface area contributed by atoms with E-state index >= 15 is 0 Å². The van der Waals surface area contributed by atoms with Gasteiger partial charge in [-0.1, -0.05) is 20.3 Å². The number of aromatic nitrogens is 2. The molecular formula is C16H27N3S. The highest BCUT2D eigenvalue weighted by molar-refractivity contribution is 7.11. The Bertz CT molecular complexity index is 429. The smallest absolute Gasteiger partial charge is 0.117 e. The summed E-state index contributed by atoms with van der Waals surface area (Å²) in [7, 11) is 0. The third-order valence-electron chi connectivity index (χ3n) is 4.95. The van der Waals surface area contributed by atoms with Gasteiger partial charge < -0.3 is 5.32 Å². The number of nitrogens with one attached hydrogen (secondary N) is 1. The molecule has 1 heterocycles. The molecule has 2 aliphatic carbocycles. The third-order valence-corrected chi connectivity index (χ3v) is 5.96. The van der Waals surface area contributed by atoms with E-state index in [2.05, 4.69) is 29.4 Å². The molecule has 2 bridgehead atoms. The van der Waals surface area contributed by atoms with Crippen molar-refractivity contribution in [3.8, 4) is 0 Å². The lowest BCUT2D eigenvalue weighted by molar-refractivity contribution is 0.331. The van der Waals surface area contributed by atoms with Gasteiger partial charge in [0.05, 0.1) is 0 Å². The van der Waals surface area contributed by atoms with E-state index in [1.54, 1.807) is 0 Å². The number of rotatable bonds is 7. The predicted octanol–water partition coefficient (Wildman–Crippen LogP) is 3.45. The van der Waals surface area contributed by atoms with Crippen LogP contribution in [0.25, 0.3) is 0 Å². The van der Waals surface area contributed by atoms with Crippen LogP contribution < -0.4 is 5.32 Å². The second-order valence-electron chi connectivity index (χ2n) is 6.94. The maximum atomic E-state index is 4.43. The number of nitrogens with zero attached hydrogens (tertiary/aromatic N) is 2. The number of aryl methyl sites for hydroxylation is 1. The van der Waals surface area contributed by atoms with Crippen LogP contribution in [0.2, 0.25) is 0 Å². The van der Waals surface area contributed by atoms with E-state index in [1.165, 1.54) is 48.5 Å². The van der Waals surface area contributed by atoms with Gasteiger partial charge in [0.15, 0.2) is 0 Å². The van der Waals surface area contributed by atoms with Gasteiger partial charge in [-0.3, -0.25) is 0 Å². The molecule has 0 saturated heterocycles. The third kappa shape index (κ3) is 3.59. The maximum Gasteiger partial charge on any atom is 0.117 e. The highest BCUT2D eigenvalue weighted by Crippen LogP contribution is 2.49. The summed E-state index contributed by atoms with van der Waals surface area (Å²) in [6.45, 7) is 5.47. The summed E-state index contributed by atoms with van der Waals surface area (Å²) in [6, 6.07) is 0.581. The lowest BCUT2D eigenvalue weighted by Crippen LogP contribution is -2.23. The summed E-state index contributed by atoms with van der Waals surface area (Å²) in [5.41, 5.74) is 0. The van der Waals surface area contributed by atoms with E-state index < -0.39 is 0 Å². The lowest BCUT2D eigenvalue weighted by Gasteiger charge is -2.19. The Kier molecular flexibility index (Phi) is 4.72. The summed E-state index contributed by atoms with van der Waals surface area (Å²) < 4.78 is 0. The molecule has 2 saturated carbocycles. The van der Waals surface area contributed by atoms with Gasteiger partial charge in [0.25, 0.3) is 0 Å². The standard InChI is InChI=1S/C16H27N3S/c1-11(2)17-7-3-4-15-18-19-16(20-15)10-14-9-12-5-6-13(14)8-12/h11-14,17H,3-10H2,1-2H3. The molecule has 0 radical (unpaired) electrons. The molecule has 2 fully saturated rings. The van der Waals surface area contributed by atoms with Gasteiger partial charge in [-0.05, 0) is 50.0 Å². The van der Waals surface area contributed by atoms with E-state index in [1.807, 2.05) is 11.3 Å². The second kappa shape index (κ2) is 6.52. The molecule has 0 amide bonds. The molecular weight excluding hydrogens is 266 g/mol. The van der Waals surface area contributed by atoms with Crippen molar-refractivity contribution in [1.82, 2.24) is 15.5 Å². The van der Waals surface area contributed by atoms with E-state index in [0.717, 1.165) is 30.7 Å². The first-order valence-electron chi connectivity index (χ1n) is 8.25. The molecule has 3 nitrogen and oxygen atoms in total. The maximum absolute atomic E-state index is 4.43. The van der Waals surface area contributed by atoms with Crippen LogP contribution in [0.3, 0.4) is 0 Å². The minimum Gasteiger partial charge on any atom is -0.315 e. The summed E-state index contributed by atoms with van der Waals surface area (Å²) in [4.78, 5) is 0. The Balaban J connectivity index is 1.43. The van der Waals surface area contributed by atoms with Gasteiger partial charge in [0.1, 0.15) is 10.0 Å². The van der Waals surface area contributed by atoms with Crippen LogP contribution in [0.4, 0.5) is 0 Å². The predicted molar refractivity (Wildman–Crippen MR) is 84.0 cm³/mol. The number of hydrogen-bond donors (Lipinski definition) is 1. The number of hydrogen-bond acceptors (Lipinski definition) is 4. The van der Waals surface area contributed by atoms with E-state index in [4.69, 9.17) is 0 Å². The fourth-order valence-electron chi connectivity index (χ4n) is 3.95. The zero-order valence-corrected chi connectivity index (χ0v) is 13.6. The molecule has 3 rings (SSSR count). The Morgan fingerprint density at radius 3 is 2.75 bits per heavy atom. The molecule has 20 heavy (non-hydrogen) atoms. The average molecular weight is 293 g/mol. The average Bonchev–Trinajstić information content (AvgIpc) is 3.11. The SMILES string of the molecule is CC(C)NCCCc1nnc(CC2CC3CCC2C3)s1. The normalized spacial score (nSPS) is 28.6. The highest BCUT2D eigenvalue weighted by Gasteiger charge is 2.39. The molecule has 2 aliphatic rings. The van der Waals surface area contributed by atoms with Gasteiger partial charge in [0.2, 0.25) is 0 Å². The Labute approximate surface area is 126 Å². The molecule has 0 spiro atoms. The quantitative estimate of drug-likeness (QED) is 0.783. The molecule has 112 valence electrons. The van der Waals surface area contributed by atoms with E-state index in [-0.39, 0.29) is 0 Å². The monoisotopic (exact) mass is 293 g/mol. The fraction of sp³-hybridized carbons (Fsp3) is 0.875. The van der Waals surface area contributed by atoms with E-state index in [9.17, 15) is 0 Å². The van der Waals surface area contributed by atoms with Crippen molar-refractivity contribution in [1.29, 1.82) is 0 Å². The molecule has 1 N–H and O–H groups in total. The first-order valence-corrected chi connectivity index (χ1v) is 9.07. The molecule has 0 aromatic carbocycles. The highest BCUT2D eigenvalue weighted by atomic mass is 32.1. The summed E-state index contributed by atoms with van der Waals surface area (Å²) in [6.07, 6.45) is 9.36. The lowest BCUT2D eigenvalue weighted by atomic mass is 9.87. The van der Waals surface area contributed by atoms with E-state index in [0.29, 0.717) is 6.04 Å². The minimum absolute atomic E-state index is 0.581. The van der Waals surface area contributed by atoms with Crippen molar-refractivity contribution < 1.29 is 0 Å². The van der Waals surface area contributed by atoms with Crippen LogP contribution >= 0.6 is 11.3 Å². The van der Waals surface area contributed by atoms with Crippen molar-refractivity contribution in [2.75, 3.05) is 6.54 Å². The largest absolute Gasteiger partial charge is 0.315 e. The molecule has 1 aromatic rings. The second-order valence-corrected chi connectivity index (χ2v) is 8.09. The van der Waals surface area contributed by atoms with Crippen molar-refractivity contribution in [3.63, 3.8) is 0 Å².